The number of nitrogens with one attached hydrogen (secondary N) is 1. The van der Waals surface area contributed by atoms with Gasteiger partial charge in [-0.25, -0.2) is 4.79 Å². The lowest BCUT2D eigenvalue weighted by Crippen LogP contribution is -2.27. The van der Waals surface area contributed by atoms with Crippen LogP contribution in [-0.4, -0.2) is 26.0 Å². The van der Waals surface area contributed by atoms with Crippen LogP contribution in [0.1, 0.15) is 6.92 Å². The van der Waals surface area contributed by atoms with Crippen LogP contribution in [0, 0.1) is 10.1 Å². The van der Waals surface area contributed by atoms with Crippen molar-refractivity contribution in [1.82, 2.24) is 5.48 Å². The molecule has 0 fully saturated rings. The third kappa shape index (κ3) is 4.19. The van der Waals surface area contributed by atoms with Gasteiger partial charge >= 0.3 is 16.2 Å². The number of hydroxylamine groups is 1. The molecule has 10 heteroatoms. The maximum atomic E-state index is 11.6. The maximum Gasteiger partial charge on any atom is 0.432 e. The SMILES string of the molecule is CCOC(=O)NOS(=O)(=O)c1ccc([N+](=O)[O-])cc1. The largest absolute Gasteiger partial charge is 0.448 e. The van der Waals surface area contributed by atoms with E-state index in [4.69, 9.17) is 0 Å². The summed E-state index contributed by atoms with van der Waals surface area (Å²) >= 11 is 0. The summed E-state index contributed by atoms with van der Waals surface area (Å²) in [6.45, 7) is 1.58. The molecule has 0 unspecified atom stereocenters. The third-order valence-corrected chi connectivity index (χ3v) is 3.00. The van der Waals surface area contributed by atoms with Crippen LogP contribution in [0.5, 0.6) is 0 Å². The smallest absolute Gasteiger partial charge is 0.432 e. The topological polar surface area (TPSA) is 125 Å². The number of rotatable bonds is 5. The summed E-state index contributed by atoms with van der Waals surface area (Å²) in [6, 6.07) is 3.97. The molecule has 0 saturated carbocycles. The molecule has 1 aromatic carbocycles. The number of non-ortho nitro benzene ring substituents is 1. The normalized spacial score (nSPS) is 10.8. The summed E-state index contributed by atoms with van der Waals surface area (Å²) in [7, 11) is -4.25. The molecule has 0 aliphatic carbocycles. The zero-order valence-corrected chi connectivity index (χ0v) is 10.5. The molecule has 19 heavy (non-hydrogen) atoms. The van der Waals surface area contributed by atoms with Crippen molar-refractivity contribution in [1.29, 1.82) is 0 Å². The molecule has 0 heterocycles. The first-order valence-corrected chi connectivity index (χ1v) is 6.38. The highest BCUT2D eigenvalue weighted by Crippen LogP contribution is 2.16. The number of carbonyl (C=O) groups excluding carboxylic acids is 1. The predicted molar refractivity (Wildman–Crippen MR) is 61.5 cm³/mol. The zero-order valence-electron chi connectivity index (χ0n) is 9.73. The van der Waals surface area contributed by atoms with Crippen LogP contribution in [-0.2, 0) is 19.1 Å². The number of carbonyl (C=O) groups is 1. The average molecular weight is 290 g/mol. The highest BCUT2D eigenvalue weighted by atomic mass is 32.2. The number of nitro benzene ring substituents is 1. The molecule has 0 aromatic heterocycles. The molecule has 9 nitrogen and oxygen atoms in total. The zero-order chi connectivity index (χ0) is 14.5. The van der Waals surface area contributed by atoms with E-state index >= 15 is 0 Å². The first-order valence-electron chi connectivity index (χ1n) is 4.97. The number of nitro groups is 1. The van der Waals surface area contributed by atoms with E-state index in [1.807, 2.05) is 0 Å². The van der Waals surface area contributed by atoms with Gasteiger partial charge in [0.25, 0.3) is 5.69 Å². The van der Waals surface area contributed by atoms with E-state index in [0.29, 0.717) is 0 Å². The molecule has 1 N–H and O–H groups in total. The Kier molecular flexibility index (Phi) is 4.78. The second-order valence-corrected chi connectivity index (χ2v) is 4.66. The molecule has 0 saturated heterocycles. The highest BCUT2D eigenvalue weighted by molar-refractivity contribution is 7.86. The minimum Gasteiger partial charge on any atom is -0.448 e. The molecular formula is C9H10N2O7S. The summed E-state index contributed by atoms with van der Waals surface area (Å²) in [6.07, 6.45) is -1.06. The lowest BCUT2D eigenvalue weighted by atomic mass is 10.3. The third-order valence-electron chi connectivity index (χ3n) is 1.85. The van der Waals surface area contributed by atoms with Gasteiger partial charge in [-0.3, -0.25) is 10.1 Å². The van der Waals surface area contributed by atoms with Gasteiger partial charge in [-0.2, -0.15) is 13.9 Å². The molecule has 1 aromatic rings. The Labute approximate surface area is 108 Å². The van der Waals surface area contributed by atoms with Gasteiger partial charge < -0.3 is 4.74 Å². The van der Waals surface area contributed by atoms with Crippen molar-refractivity contribution >= 4 is 21.9 Å². The first kappa shape index (κ1) is 14.9. The molecule has 0 spiro atoms. The van der Waals surface area contributed by atoms with Crippen molar-refractivity contribution in [2.45, 2.75) is 11.8 Å². The standard InChI is InChI=1S/C9H10N2O7S/c1-2-17-9(12)10-18-19(15,16)8-5-3-7(4-6-8)11(13)14/h3-6H,2H2,1H3,(H,10,12). The molecule has 1 amide bonds. The van der Waals surface area contributed by atoms with E-state index in [9.17, 15) is 23.3 Å². The summed E-state index contributed by atoms with van der Waals surface area (Å²) in [4.78, 5) is 20.2. The number of amides is 1. The van der Waals surface area contributed by atoms with E-state index in [-0.39, 0.29) is 17.2 Å². The van der Waals surface area contributed by atoms with Crippen LogP contribution < -0.4 is 5.48 Å². The van der Waals surface area contributed by atoms with Crippen molar-refractivity contribution in [2.24, 2.45) is 0 Å². The van der Waals surface area contributed by atoms with Gasteiger partial charge in [0.1, 0.15) is 0 Å². The molecule has 0 atom stereocenters. The van der Waals surface area contributed by atoms with E-state index in [1.54, 1.807) is 5.48 Å². The highest BCUT2D eigenvalue weighted by Gasteiger charge is 2.18. The molecule has 0 aliphatic rings. The fraction of sp³-hybridized carbons (Fsp3) is 0.222. The van der Waals surface area contributed by atoms with Crippen LogP contribution in [0.2, 0.25) is 0 Å². The fourth-order valence-corrected chi connectivity index (χ4v) is 1.78. The summed E-state index contributed by atoms with van der Waals surface area (Å²) in [5, 5.41) is 10.4. The van der Waals surface area contributed by atoms with Gasteiger partial charge in [-0.1, -0.05) is 0 Å². The van der Waals surface area contributed by atoms with E-state index < -0.39 is 21.1 Å². The molecule has 104 valence electrons. The van der Waals surface area contributed by atoms with Gasteiger partial charge in [0.05, 0.1) is 16.4 Å². The summed E-state index contributed by atoms with van der Waals surface area (Å²) < 4.78 is 31.7. The van der Waals surface area contributed by atoms with Crippen molar-refractivity contribution in [3.05, 3.63) is 34.4 Å². The van der Waals surface area contributed by atoms with Gasteiger partial charge in [-0.05, 0) is 19.1 Å². The van der Waals surface area contributed by atoms with Crippen molar-refractivity contribution < 1.29 is 27.2 Å². The van der Waals surface area contributed by atoms with Crippen LogP contribution in [0.3, 0.4) is 0 Å². The average Bonchev–Trinajstić information content (AvgIpc) is 2.37. The number of benzene rings is 1. The van der Waals surface area contributed by atoms with Crippen LogP contribution in [0.15, 0.2) is 29.2 Å². The van der Waals surface area contributed by atoms with E-state index in [2.05, 4.69) is 9.02 Å². The van der Waals surface area contributed by atoms with Gasteiger partial charge in [0, 0.05) is 12.1 Å². The Morgan fingerprint density at radius 1 is 1.37 bits per heavy atom. The minimum atomic E-state index is -4.25. The van der Waals surface area contributed by atoms with Gasteiger partial charge in [0.15, 0.2) is 0 Å². The lowest BCUT2D eigenvalue weighted by molar-refractivity contribution is -0.384. The summed E-state index contributed by atoms with van der Waals surface area (Å²) in [5.41, 5.74) is 1.31. The molecule has 1 rings (SSSR count). The van der Waals surface area contributed by atoms with Gasteiger partial charge in [0.2, 0.25) is 0 Å². The van der Waals surface area contributed by atoms with Crippen LogP contribution >= 0.6 is 0 Å². The van der Waals surface area contributed by atoms with Crippen LogP contribution in [0.4, 0.5) is 10.5 Å². The monoisotopic (exact) mass is 290 g/mol. The second-order valence-electron chi connectivity index (χ2n) is 3.11. The minimum absolute atomic E-state index is 0.0484. The Morgan fingerprint density at radius 3 is 2.42 bits per heavy atom. The van der Waals surface area contributed by atoms with Crippen molar-refractivity contribution in [2.75, 3.05) is 6.61 Å². The molecule has 0 radical (unpaired) electrons. The second kappa shape index (κ2) is 6.11. The number of hydrogen-bond donors (Lipinski definition) is 1. The number of ether oxygens (including phenoxy) is 1. The van der Waals surface area contributed by atoms with Crippen molar-refractivity contribution in [3.8, 4) is 0 Å². The van der Waals surface area contributed by atoms with Crippen LogP contribution in [0.25, 0.3) is 0 Å². The van der Waals surface area contributed by atoms with E-state index in [0.717, 1.165) is 24.3 Å². The number of hydrogen-bond acceptors (Lipinski definition) is 7. The molecule has 0 aliphatic heterocycles. The quantitative estimate of drug-likeness (QED) is 0.632. The molecule has 0 bridgehead atoms. The van der Waals surface area contributed by atoms with Gasteiger partial charge in [-0.15, -0.1) is 4.28 Å². The van der Waals surface area contributed by atoms with Crippen molar-refractivity contribution in [3.63, 3.8) is 0 Å². The lowest BCUT2D eigenvalue weighted by Gasteiger charge is -2.06. The Bertz CT molecular complexity index is 567. The Morgan fingerprint density at radius 2 is 1.95 bits per heavy atom. The number of nitrogens with zero attached hydrogens (tertiary/aromatic N) is 1. The Balaban J connectivity index is 2.77. The predicted octanol–water partition coefficient (Wildman–Crippen LogP) is 0.961. The van der Waals surface area contributed by atoms with E-state index in [1.165, 1.54) is 6.92 Å². The summed E-state index contributed by atoms with van der Waals surface area (Å²) in [5.74, 6) is 0. The first-order chi connectivity index (χ1) is 8.86. The molecular weight excluding hydrogens is 280 g/mol. The maximum absolute atomic E-state index is 11.6. The Hall–Kier alpha value is -2.20. The fourth-order valence-electron chi connectivity index (χ4n) is 1.03.